The van der Waals surface area contributed by atoms with Crippen LogP contribution in [0.4, 0.5) is 0 Å². The van der Waals surface area contributed by atoms with E-state index in [4.69, 9.17) is 9.47 Å². The molecule has 1 N–H and O–H groups in total. The molecule has 3 nitrogen and oxygen atoms in total. The molecule has 2 rings (SSSR count). The number of methoxy groups -OCH3 is 2. The number of ether oxygens (including phenoxy) is 2. The SMILES string of the molecule is COc1cc(Br)c(CNCCC2CCCCC2)cc1OC. The van der Waals surface area contributed by atoms with Gasteiger partial charge < -0.3 is 14.8 Å². The van der Waals surface area contributed by atoms with Crippen LogP contribution in [-0.4, -0.2) is 20.8 Å². The molecule has 0 atom stereocenters. The molecule has 1 aromatic carbocycles. The molecular weight excluding hydrogens is 330 g/mol. The highest BCUT2D eigenvalue weighted by molar-refractivity contribution is 9.10. The van der Waals surface area contributed by atoms with Crippen molar-refractivity contribution < 1.29 is 9.47 Å². The summed E-state index contributed by atoms with van der Waals surface area (Å²) < 4.78 is 11.7. The second-order valence-corrected chi connectivity index (χ2v) is 6.62. The molecule has 0 radical (unpaired) electrons. The van der Waals surface area contributed by atoms with Gasteiger partial charge in [-0.3, -0.25) is 0 Å². The highest BCUT2D eigenvalue weighted by atomic mass is 79.9. The fourth-order valence-corrected chi connectivity index (χ4v) is 3.50. The quantitative estimate of drug-likeness (QED) is 0.729. The van der Waals surface area contributed by atoms with E-state index in [-0.39, 0.29) is 0 Å². The minimum absolute atomic E-state index is 0.760. The van der Waals surface area contributed by atoms with Crippen LogP contribution in [0, 0.1) is 5.92 Å². The Hall–Kier alpha value is -0.740. The summed E-state index contributed by atoms with van der Waals surface area (Å²) in [6, 6.07) is 4.01. The fourth-order valence-electron chi connectivity index (χ4n) is 3.04. The van der Waals surface area contributed by atoms with Crippen molar-refractivity contribution in [3.63, 3.8) is 0 Å². The molecule has 0 heterocycles. The zero-order chi connectivity index (χ0) is 15.1. The van der Waals surface area contributed by atoms with Gasteiger partial charge in [0.2, 0.25) is 0 Å². The molecular formula is C17H26BrNO2. The zero-order valence-electron chi connectivity index (χ0n) is 13.1. The average molecular weight is 356 g/mol. The van der Waals surface area contributed by atoms with Crippen LogP contribution in [0.25, 0.3) is 0 Å². The maximum absolute atomic E-state index is 5.36. The molecule has 0 aliphatic heterocycles. The fraction of sp³-hybridized carbons (Fsp3) is 0.647. The van der Waals surface area contributed by atoms with E-state index in [0.29, 0.717) is 0 Å². The Morgan fingerprint density at radius 3 is 2.43 bits per heavy atom. The number of benzene rings is 1. The van der Waals surface area contributed by atoms with E-state index in [1.807, 2.05) is 12.1 Å². The molecule has 0 bridgehead atoms. The molecule has 0 aromatic heterocycles. The summed E-state index contributed by atoms with van der Waals surface area (Å²) in [7, 11) is 3.33. The highest BCUT2D eigenvalue weighted by Crippen LogP contribution is 2.33. The number of halogens is 1. The van der Waals surface area contributed by atoms with Crippen LogP contribution in [0.2, 0.25) is 0 Å². The topological polar surface area (TPSA) is 30.5 Å². The van der Waals surface area contributed by atoms with E-state index in [0.717, 1.165) is 35.0 Å². The third-order valence-corrected chi connectivity index (χ3v) is 5.06. The molecule has 4 heteroatoms. The first kappa shape index (κ1) is 16.6. The van der Waals surface area contributed by atoms with Crippen molar-refractivity contribution in [3.05, 3.63) is 22.2 Å². The summed E-state index contributed by atoms with van der Waals surface area (Å²) in [6.45, 7) is 1.94. The summed E-state index contributed by atoms with van der Waals surface area (Å²) in [5, 5.41) is 3.55. The lowest BCUT2D eigenvalue weighted by atomic mass is 9.87. The number of hydrogen-bond acceptors (Lipinski definition) is 3. The number of rotatable bonds is 7. The Morgan fingerprint density at radius 1 is 1.10 bits per heavy atom. The Morgan fingerprint density at radius 2 is 1.76 bits per heavy atom. The lowest BCUT2D eigenvalue weighted by molar-refractivity contribution is 0.333. The number of hydrogen-bond donors (Lipinski definition) is 1. The Balaban J connectivity index is 1.82. The van der Waals surface area contributed by atoms with E-state index < -0.39 is 0 Å². The summed E-state index contributed by atoms with van der Waals surface area (Å²) in [5.41, 5.74) is 1.20. The summed E-state index contributed by atoms with van der Waals surface area (Å²) in [5.74, 6) is 2.47. The minimum atomic E-state index is 0.760. The van der Waals surface area contributed by atoms with Gasteiger partial charge in [0.15, 0.2) is 11.5 Å². The van der Waals surface area contributed by atoms with Gasteiger partial charge in [-0.1, -0.05) is 48.0 Å². The molecule has 1 aliphatic rings. The molecule has 0 spiro atoms. The van der Waals surface area contributed by atoms with E-state index in [1.54, 1.807) is 14.2 Å². The van der Waals surface area contributed by atoms with Crippen molar-refractivity contribution in [1.29, 1.82) is 0 Å². The lowest BCUT2D eigenvalue weighted by Crippen LogP contribution is -2.19. The van der Waals surface area contributed by atoms with Crippen molar-refractivity contribution >= 4 is 15.9 Å². The molecule has 21 heavy (non-hydrogen) atoms. The summed E-state index contributed by atoms with van der Waals surface area (Å²) in [4.78, 5) is 0. The van der Waals surface area contributed by atoms with Crippen LogP contribution in [0.1, 0.15) is 44.1 Å². The maximum atomic E-state index is 5.36. The predicted octanol–water partition coefficient (Wildman–Crippen LogP) is 4.53. The highest BCUT2D eigenvalue weighted by Gasteiger charge is 2.13. The van der Waals surface area contributed by atoms with Gasteiger partial charge in [0.25, 0.3) is 0 Å². The van der Waals surface area contributed by atoms with Gasteiger partial charge in [0.05, 0.1) is 14.2 Å². The summed E-state index contributed by atoms with van der Waals surface area (Å²) >= 11 is 3.60. The van der Waals surface area contributed by atoms with Gasteiger partial charge in [0, 0.05) is 11.0 Å². The molecule has 118 valence electrons. The first-order valence-corrected chi connectivity index (χ1v) is 8.65. The maximum Gasteiger partial charge on any atom is 0.161 e. The van der Waals surface area contributed by atoms with Gasteiger partial charge in [-0.05, 0) is 36.6 Å². The van der Waals surface area contributed by atoms with Crippen molar-refractivity contribution in [2.24, 2.45) is 5.92 Å². The Kier molecular flexibility index (Phi) is 6.84. The number of nitrogens with one attached hydrogen (secondary N) is 1. The molecule has 0 unspecified atom stereocenters. The van der Waals surface area contributed by atoms with Crippen molar-refractivity contribution in [2.75, 3.05) is 20.8 Å². The normalized spacial score (nSPS) is 16.0. The van der Waals surface area contributed by atoms with Crippen molar-refractivity contribution in [2.45, 2.75) is 45.1 Å². The van der Waals surface area contributed by atoms with E-state index in [1.165, 1.54) is 44.1 Å². The van der Waals surface area contributed by atoms with Crippen LogP contribution >= 0.6 is 15.9 Å². The van der Waals surface area contributed by atoms with E-state index in [9.17, 15) is 0 Å². The molecule has 0 saturated heterocycles. The molecule has 1 fully saturated rings. The first-order valence-electron chi connectivity index (χ1n) is 7.85. The van der Waals surface area contributed by atoms with Crippen molar-refractivity contribution in [3.8, 4) is 11.5 Å². The average Bonchev–Trinajstić information content (AvgIpc) is 2.53. The van der Waals surface area contributed by atoms with Crippen LogP contribution < -0.4 is 14.8 Å². The standard InChI is InChI=1S/C17H26BrNO2/c1-20-16-10-14(15(18)11-17(16)21-2)12-19-9-8-13-6-4-3-5-7-13/h10-11,13,19H,3-9,12H2,1-2H3. The van der Waals surface area contributed by atoms with Crippen LogP contribution in [0.15, 0.2) is 16.6 Å². The third-order valence-electron chi connectivity index (χ3n) is 4.32. The summed E-state index contributed by atoms with van der Waals surface area (Å²) in [6.07, 6.45) is 8.41. The van der Waals surface area contributed by atoms with Gasteiger partial charge in [0.1, 0.15) is 0 Å². The predicted molar refractivity (Wildman–Crippen MR) is 90.1 cm³/mol. The minimum Gasteiger partial charge on any atom is -0.493 e. The first-order chi connectivity index (χ1) is 10.2. The Labute approximate surface area is 136 Å². The monoisotopic (exact) mass is 355 g/mol. The van der Waals surface area contributed by atoms with E-state index in [2.05, 4.69) is 21.2 Å². The van der Waals surface area contributed by atoms with Gasteiger partial charge in [-0.2, -0.15) is 0 Å². The van der Waals surface area contributed by atoms with Crippen LogP contribution in [-0.2, 0) is 6.54 Å². The van der Waals surface area contributed by atoms with Gasteiger partial charge >= 0.3 is 0 Å². The molecule has 0 amide bonds. The molecule has 1 saturated carbocycles. The van der Waals surface area contributed by atoms with Crippen LogP contribution in [0.5, 0.6) is 11.5 Å². The van der Waals surface area contributed by atoms with Gasteiger partial charge in [-0.15, -0.1) is 0 Å². The van der Waals surface area contributed by atoms with Gasteiger partial charge in [-0.25, -0.2) is 0 Å². The van der Waals surface area contributed by atoms with Crippen LogP contribution in [0.3, 0.4) is 0 Å². The molecule has 1 aliphatic carbocycles. The van der Waals surface area contributed by atoms with E-state index >= 15 is 0 Å². The largest absolute Gasteiger partial charge is 0.493 e. The molecule has 1 aromatic rings. The second-order valence-electron chi connectivity index (χ2n) is 5.77. The second kappa shape index (κ2) is 8.64. The Bertz CT molecular complexity index is 445. The zero-order valence-corrected chi connectivity index (χ0v) is 14.7. The lowest BCUT2D eigenvalue weighted by Gasteiger charge is -2.21. The smallest absolute Gasteiger partial charge is 0.161 e. The third kappa shape index (κ3) is 4.89. The van der Waals surface area contributed by atoms with Crippen molar-refractivity contribution in [1.82, 2.24) is 5.32 Å².